The molecule has 1 aromatic rings. The summed E-state index contributed by atoms with van der Waals surface area (Å²) >= 11 is 0. The molecule has 1 aromatic carbocycles. The van der Waals surface area contributed by atoms with Gasteiger partial charge in [0.25, 0.3) is 5.91 Å². The number of nitrogens with one attached hydrogen (secondary N) is 1. The fourth-order valence-corrected chi connectivity index (χ4v) is 2.61. The number of hydrogen-bond donors (Lipinski definition) is 1. The molecule has 1 aliphatic carbocycles. The standard InChI is InChI=1S/C14H16F2N2O3/c15-10-6-7-11(18(20)21)13(16)12(10)14(19)17-8-9-4-2-1-3-5-9/h6-7,9H,1-5,8H2,(H,17,19). The fraction of sp³-hybridized carbons (Fsp3) is 0.500. The Hall–Kier alpha value is -2.05. The third-order valence-electron chi connectivity index (χ3n) is 3.77. The average molecular weight is 298 g/mol. The molecule has 1 saturated carbocycles. The second-order valence-corrected chi connectivity index (χ2v) is 5.23. The van der Waals surface area contributed by atoms with E-state index in [1.165, 1.54) is 6.42 Å². The highest BCUT2D eigenvalue weighted by molar-refractivity contribution is 5.95. The van der Waals surface area contributed by atoms with Gasteiger partial charge in [0.2, 0.25) is 5.82 Å². The first-order valence-electron chi connectivity index (χ1n) is 6.91. The molecule has 0 aliphatic heterocycles. The van der Waals surface area contributed by atoms with E-state index in [9.17, 15) is 23.7 Å². The van der Waals surface area contributed by atoms with Crippen molar-refractivity contribution in [3.05, 3.63) is 39.4 Å². The molecule has 0 saturated heterocycles. The van der Waals surface area contributed by atoms with E-state index < -0.39 is 33.7 Å². The largest absolute Gasteiger partial charge is 0.352 e. The number of carbonyl (C=O) groups excluding carboxylic acids is 1. The van der Waals surface area contributed by atoms with Crippen LogP contribution in [-0.4, -0.2) is 17.4 Å². The Labute approximate surface area is 120 Å². The highest BCUT2D eigenvalue weighted by Gasteiger charge is 2.26. The zero-order chi connectivity index (χ0) is 15.4. The Morgan fingerprint density at radius 1 is 1.29 bits per heavy atom. The highest BCUT2D eigenvalue weighted by Crippen LogP contribution is 2.25. The van der Waals surface area contributed by atoms with Gasteiger partial charge in [0.15, 0.2) is 0 Å². The van der Waals surface area contributed by atoms with Crippen LogP contribution in [0.1, 0.15) is 42.5 Å². The summed E-state index contributed by atoms with van der Waals surface area (Å²) in [5.41, 5.74) is -1.79. The lowest BCUT2D eigenvalue weighted by Crippen LogP contribution is -2.31. The van der Waals surface area contributed by atoms with Crippen molar-refractivity contribution in [3.63, 3.8) is 0 Å². The number of hydrogen-bond acceptors (Lipinski definition) is 3. The monoisotopic (exact) mass is 298 g/mol. The van der Waals surface area contributed by atoms with Gasteiger partial charge in [0.05, 0.1) is 4.92 Å². The SMILES string of the molecule is O=C(NCC1CCCCC1)c1c(F)ccc([N+](=O)[O-])c1F. The Bertz CT molecular complexity index is 557. The second-order valence-electron chi connectivity index (χ2n) is 5.23. The van der Waals surface area contributed by atoms with Crippen LogP contribution in [-0.2, 0) is 0 Å². The molecular formula is C14H16F2N2O3. The Kier molecular flexibility index (Phi) is 4.82. The molecule has 0 unspecified atom stereocenters. The van der Waals surface area contributed by atoms with E-state index in [1.54, 1.807) is 0 Å². The van der Waals surface area contributed by atoms with Crippen LogP contribution in [0.5, 0.6) is 0 Å². The first kappa shape index (κ1) is 15.3. The average Bonchev–Trinajstić information content (AvgIpc) is 2.46. The molecule has 0 radical (unpaired) electrons. The maximum Gasteiger partial charge on any atom is 0.305 e. The maximum atomic E-state index is 13.9. The van der Waals surface area contributed by atoms with Gasteiger partial charge >= 0.3 is 5.69 Å². The van der Waals surface area contributed by atoms with Crippen molar-refractivity contribution in [2.24, 2.45) is 5.92 Å². The normalized spacial score (nSPS) is 15.7. The van der Waals surface area contributed by atoms with Crippen LogP contribution < -0.4 is 5.32 Å². The molecule has 0 atom stereocenters. The summed E-state index contributed by atoms with van der Waals surface area (Å²) in [5.74, 6) is -3.17. The van der Waals surface area contributed by atoms with Crippen LogP contribution >= 0.6 is 0 Å². The molecule has 0 heterocycles. The minimum atomic E-state index is -1.43. The molecule has 1 aliphatic rings. The number of benzene rings is 1. The number of halogens is 2. The third-order valence-corrected chi connectivity index (χ3v) is 3.77. The molecular weight excluding hydrogens is 282 g/mol. The van der Waals surface area contributed by atoms with Crippen molar-refractivity contribution in [2.75, 3.05) is 6.54 Å². The van der Waals surface area contributed by atoms with Gasteiger partial charge in [0, 0.05) is 12.6 Å². The maximum absolute atomic E-state index is 13.9. The molecule has 1 amide bonds. The highest BCUT2D eigenvalue weighted by atomic mass is 19.1. The number of nitrogens with zero attached hydrogens (tertiary/aromatic N) is 1. The Morgan fingerprint density at radius 2 is 1.95 bits per heavy atom. The molecule has 5 nitrogen and oxygen atoms in total. The van der Waals surface area contributed by atoms with E-state index in [4.69, 9.17) is 0 Å². The van der Waals surface area contributed by atoms with Gasteiger partial charge in [0.1, 0.15) is 11.4 Å². The summed E-state index contributed by atoms with van der Waals surface area (Å²) in [6.07, 6.45) is 5.28. The number of rotatable bonds is 4. The van der Waals surface area contributed by atoms with E-state index >= 15 is 0 Å². The summed E-state index contributed by atoms with van der Waals surface area (Å²) in [6, 6.07) is 1.44. The lowest BCUT2D eigenvalue weighted by Gasteiger charge is -2.21. The van der Waals surface area contributed by atoms with E-state index in [0.717, 1.165) is 31.7 Å². The Balaban J connectivity index is 2.11. The zero-order valence-electron chi connectivity index (χ0n) is 11.4. The first-order chi connectivity index (χ1) is 10.0. The third kappa shape index (κ3) is 3.53. The minimum Gasteiger partial charge on any atom is -0.352 e. The fourth-order valence-electron chi connectivity index (χ4n) is 2.61. The van der Waals surface area contributed by atoms with E-state index in [0.29, 0.717) is 18.5 Å². The predicted octanol–water partition coefficient (Wildman–Crippen LogP) is 3.18. The van der Waals surface area contributed by atoms with Gasteiger partial charge in [-0.1, -0.05) is 19.3 Å². The lowest BCUT2D eigenvalue weighted by molar-refractivity contribution is -0.387. The van der Waals surface area contributed by atoms with Crippen molar-refractivity contribution in [3.8, 4) is 0 Å². The topological polar surface area (TPSA) is 72.2 Å². The zero-order valence-corrected chi connectivity index (χ0v) is 11.4. The van der Waals surface area contributed by atoms with Gasteiger partial charge in [-0.15, -0.1) is 0 Å². The van der Waals surface area contributed by atoms with Crippen molar-refractivity contribution in [2.45, 2.75) is 32.1 Å². The molecule has 2 rings (SSSR count). The number of nitro benzene ring substituents is 1. The van der Waals surface area contributed by atoms with Crippen LogP contribution in [0.15, 0.2) is 12.1 Å². The molecule has 0 bridgehead atoms. The number of amides is 1. The summed E-state index contributed by atoms with van der Waals surface area (Å²) in [5, 5.41) is 13.1. The predicted molar refractivity (Wildman–Crippen MR) is 71.9 cm³/mol. The van der Waals surface area contributed by atoms with Crippen LogP contribution in [0.2, 0.25) is 0 Å². The van der Waals surface area contributed by atoms with Gasteiger partial charge in [-0.2, -0.15) is 4.39 Å². The van der Waals surface area contributed by atoms with Crippen molar-refractivity contribution >= 4 is 11.6 Å². The molecule has 1 fully saturated rings. The first-order valence-corrected chi connectivity index (χ1v) is 6.91. The summed E-state index contributed by atoms with van der Waals surface area (Å²) in [7, 11) is 0. The van der Waals surface area contributed by atoms with Crippen LogP contribution in [0.25, 0.3) is 0 Å². The second kappa shape index (κ2) is 6.60. The molecule has 1 N–H and O–H groups in total. The van der Waals surface area contributed by atoms with Crippen molar-refractivity contribution in [1.82, 2.24) is 5.32 Å². The summed E-state index contributed by atoms with van der Waals surface area (Å²) in [4.78, 5) is 21.5. The quantitative estimate of drug-likeness (QED) is 0.685. The molecule has 0 aromatic heterocycles. The smallest absolute Gasteiger partial charge is 0.305 e. The van der Waals surface area contributed by atoms with Gasteiger partial charge in [-0.3, -0.25) is 14.9 Å². The van der Waals surface area contributed by atoms with Gasteiger partial charge < -0.3 is 5.32 Å². The molecule has 114 valence electrons. The van der Waals surface area contributed by atoms with E-state index in [2.05, 4.69) is 5.32 Å². The van der Waals surface area contributed by atoms with Crippen molar-refractivity contribution in [1.29, 1.82) is 0 Å². The summed E-state index contributed by atoms with van der Waals surface area (Å²) < 4.78 is 27.4. The minimum absolute atomic E-state index is 0.299. The van der Waals surface area contributed by atoms with Crippen molar-refractivity contribution < 1.29 is 18.5 Å². The number of carbonyl (C=O) groups is 1. The molecule has 7 heteroatoms. The lowest BCUT2D eigenvalue weighted by atomic mass is 9.89. The van der Waals surface area contributed by atoms with E-state index in [1.807, 2.05) is 0 Å². The molecule has 0 spiro atoms. The van der Waals surface area contributed by atoms with E-state index in [-0.39, 0.29) is 0 Å². The molecule has 21 heavy (non-hydrogen) atoms. The van der Waals surface area contributed by atoms with Gasteiger partial charge in [-0.05, 0) is 24.8 Å². The Morgan fingerprint density at radius 3 is 2.57 bits per heavy atom. The number of nitro groups is 1. The van der Waals surface area contributed by atoms with Crippen LogP contribution in [0.4, 0.5) is 14.5 Å². The van der Waals surface area contributed by atoms with Crippen LogP contribution in [0.3, 0.4) is 0 Å². The van der Waals surface area contributed by atoms with Gasteiger partial charge in [-0.25, -0.2) is 4.39 Å². The summed E-state index contributed by atoms with van der Waals surface area (Å²) in [6.45, 7) is 0.334. The van der Waals surface area contributed by atoms with Crippen LogP contribution in [0, 0.1) is 27.7 Å².